The Morgan fingerprint density at radius 2 is 2.19 bits per heavy atom. The van der Waals surface area contributed by atoms with Crippen molar-refractivity contribution in [2.75, 3.05) is 26.2 Å². The molecule has 0 atom stereocenters. The second kappa shape index (κ2) is 8.35. The lowest BCUT2D eigenvalue weighted by molar-refractivity contribution is -0.141. The molecule has 1 N–H and O–H groups in total. The SMILES string of the molecule is CCOC(=O)CNC=C1CCCN1CCc1ccccc1. The third-order valence-electron chi connectivity index (χ3n) is 3.60. The summed E-state index contributed by atoms with van der Waals surface area (Å²) in [6, 6.07) is 10.5. The molecule has 1 aliphatic heterocycles. The highest BCUT2D eigenvalue weighted by atomic mass is 16.5. The van der Waals surface area contributed by atoms with Crippen LogP contribution >= 0.6 is 0 Å². The summed E-state index contributed by atoms with van der Waals surface area (Å²) in [7, 11) is 0. The Bertz CT molecular complexity index is 471. The zero-order chi connectivity index (χ0) is 14.9. The van der Waals surface area contributed by atoms with Crippen LogP contribution in [0.4, 0.5) is 0 Å². The van der Waals surface area contributed by atoms with Gasteiger partial charge < -0.3 is 15.0 Å². The zero-order valence-electron chi connectivity index (χ0n) is 12.7. The van der Waals surface area contributed by atoms with Gasteiger partial charge in [-0.1, -0.05) is 30.3 Å². The number of ether oxygens (including phenoxy) is 1. The molecule has 4 heteroatoms. The van der Waals surface area contributed by atoms with Gasteiger partial charge >= 0.3 is 5.97 Å². The Hall–Kier alpha value is -1.97. The van der Waals surface area contributed by atoms with Crippen molar-refractivity contribution < 1.29 is 9.53 Å². The highest BCUT2D eigenvalue weighted by Gasteiger charge is 2.16. The number of benzene rings is 1. The summed E-state index contributed by atoms with van der Waals surface area (Å²) < 4.78 is 4.89. The van der Waals surface area contributed by atoms with E-state index in [1.165, 1.54) is 17.7 Å². The van der Waals surface area contributed by atoms with Crippen molar-refractivity contribution in [1.29, 1.82) is 0 Å². The number of likely N-dealkylation sites (tertiary alicyclic amines) is 1. The van der Waals surface area contributed by atoms with Crippen molar-refractivity contribution in [1.82, 2.24) is 10.2 Å². The average Bonchev–Trinajstić information content (AvgIpc) is 2.94. The number of nitrogens with zero attached hydrogens (tertiary/aromatic N) is 1. The molecule has 1 aromatic rings. The molecule has 0 amide bonds. The summed E-state index contributed by atoms with van der Waals surface area (Å²) in [6.45, 7) is 4.61. The summed E-state index contributed by atoms with van der Waals surface area (Å²) in [5.41, 5.74) is 2.65. The second-order valence-corrected chi connectivity index (χ2v) is 5.15. The maximum Gasteiger partial charge on any atom is 0.325 e. The predicted molar refractivity (Wildman–Crippen MR) is 83.7 cm³/mol. The molecule has 0 spiro atoms. The van der Waals surface area contributed by atoms with Gasteiger partial charge in [-0.3, -0.25) is 4.79 Å². The highest BCUT2D eigenvalue weighted by molar-refractivity contribution is 5.71. The molecule has 0 unspecified atom stereocenters. The van der Waals surface area contributed by atoms with Crippen LogP contribution in [0.1, 0.15) is 25.3 Å². The molecule has 0 aliphatic carbocycles. The fourth-order valence-electron chi connectivity index (χ4n) is 2.54. The van der Waals surface area contributed by atoms with E-state index in [-0.39, 0.29) is 12.5 Å². The van der Waals surface area contributed by atoms with Gasteiger partial charge in [0.05, 0.1) is 6.61 Å². The van der Waals surface area contributed by atoms with Crippen molar-refractivity contribution >= 4 is 5.97 Å². The van der Waals surface area contributed by atoms with E-state index in [1.807, 2.05) is 19.2 Å². The molecule has 0 saturated carbocycles. The van der Waals surface area contributed by atoms with Crippen LogP contribution in [0.3, 0.4) is 0 Å². The Kier molecular flexibility index (Phi) is 6.13. The lowest BCUT2D eigenvalue weighted by atomic mass is 10.1. The number of carbonyl (C=O) groups is 1. The highest BCUT2D eigenvalue weighted by Crippen LogP contribution is 2.20. The fraction of sp³-hybridized carbons (Fsp3) is 0.471. The average molecular weight is 288 g/mol. The predicted octanol–water partition coefficient (Wildman–Crippen LogP) is 2.32. The third kappa shape index (κ3) is 5.14. The zero-order valence-corrected chi connectivity index (χ0v) is 12.7. The standard InChI is InChI=1S/C17H24N2O2/c1-2-21-17(20)14-18-13-16-9-6-11-19(16)12-10-15-7-4-3-5-8-15/h3-5,7-8,13,18H,2,6,9-12,14H2,1H3. The summed E-state index contributed by atoms with van der Waals surface area (Å²) >= 11 is 0. The number of rotatable bonds is 7. The first-order valence-corrected chi connectivity index (χ1v) is 7.66. The normalized spacial score (nSPS) is 16.2. The first-order valence-electron chi connectivity index (χ1n) is 7.66. The third-order valence-corrected chi connectivity index (χ3v) is 3.60. The molecule has 1 fully saturated rings. The van der Waals surface area contributed by atoms with E-state index in [2.05, 4.69) is 34.5 Å². The number of nitrogens with one attached hydrogen (secondary N) is 1. The Morgan fingerprint density at radius 1 is 1.38 bits per heavy atom. The summed E-state index contributed by atoms with van der Waals surface area (Å²) in [5.74, 6) is -0.205. The molecule has 21 heavy (non-hydrogen) atoms. The van der Waals surface area contributed by atoms with E-state index in [1.54, 1.807) is 0 Å². The largest absolute Gasteiger partial charge is 0.465 e. The van der Waals surface area contributed by atoms with Crippen molar-refractivity contribution in [2.24, 2.45) is 0 Å². The number of carbonyl (C=O) groups excluding carboxylic acids is 1. The first-order chi connectivity index (χ1) is 10.3. The molecule has 0 radical (unpaired) electrons. The molecular formula is C17H24N2O2. The van der Waals surface area contributed by atoms with Crippen LogP contribution in [-0.4, -0.2) is 37.1 Å². The van der Waals surface area contributed by atoms with E-state index in [4.69, 9.17) is 4.74 Å². The van der Waals surface area contributed by atoms with Gasteiger partial charge in [-0.2, -0.15) is 0 Å². The minimum Gasteiger partial charge on any atom is -0.465 e. The Labute approximate surface area is 126 Å². The number of allylic oxidation sites excluding steroid dienone is 1. The second-order valence-electron chi connectivity index (χ2n) is 5.15. The minimum absolute atomic E-state index is 0.205. The molecule has 1 saturated heterocycles. The molecule has 1 heterocycles. The van der Waals surface area contributed by atoms with Crippen LogP contribution in [0.15, 0.2) is 42.2 Å². The Morgan fingerprint density at radius 3 is 2.95 bits per heavy atom. The monoisotopic (exact) mass is 288 g/mol. The molecule has 2 rings (SSSR count). The lowest BCUT2D eigenvalue weighted by Crippen LogP contribution is -2.25. The van der Waals surface area contributed by atoms with Gasteiger partial charge in [0.15, 0.2) is 0 Å². The van der Waals surface area contributed by atoms with Crippen molar-refractivity contribution in [3.8, 4) is 0 Å². The molecule has 0 aromatic heterocycles. The fourth-order valence-corrected chi connectivity index (χ4v) is 2.54. The van der Waals surface area contributed by atoms with Gasteiger partial charge in [-0.25, -0.2) is 0 Å². The molecule has 114 valence electrons. The van der Waals surface area contributed by atoms with Gasteiger partial charge in [0.25, 0.3) is 0 Å². The molecule has 1 aliphatic rings. The van der Waals surface area contributed by atoms with E-state index in [0.717, 1.165) is 25.9 Å². The number of hydrogen-bond donors (Lipinski definition) is 1. The van der Waals surface area contributed by atoms with Crippen LogP contribution in [0, 0.1) is 0 Å². The topological polar surface area (TPSA) is 41.6 Å². The van der Waals surface area contributed by atoms with Crippen LogP contribution in [0.2, 0.25) is 0 Å². The van der Waals surface area contributed by atoms with Crippen LogP contribution in [0.5, 0.6) is 0 Å². The van der Waals surface area contributed by atoms with E-state index >= 15 is 0 Å². The van der Waals surface area contributed by atoms with Crippen molar-refractivity contribution in [2.45, 2.75) is 26.2 Å². The van der Waals surface area contributed by atoms with Gasteiger partial charge in [-0.15, -0.1) is 0 Å². The minimum atomic E-state index is -0.205. The van der Waals surface area contributed by atoms with Gasteiger partial charge in [0, 0.05) is 25.0 Å². The summed E-state index contributed by atoms with van der Waals surface area (Å²) in [4.78, 5) is 13.7. The van der Waals surface area contributed by atoms with E-state index in [9.17, 15) is 4.79 Å². The van der Waals surface area contributed by atoms with Crippen molar-refractivity contribution in [3.63, 3.8) is 0 Å². The quantitative estimate of drug-likeness (QED) is 0.782. The van der Waals surface area contributed by atoms with Crippen LogP contribution in [-0.2, 0) is 16.0 Å². The van der Waals surface area contributed by atoms with Crippen molar-refractivity contribution in [3.05, 3.63) is 47.8 Å². The van der Waals surface area contributed by atoms with Gasteiger partial charge in [0.2, 0.25) is 0 Å². The summed E-state index contributed by atoms with van der Waals surface area (Å²) in [5, 5.41) is 3.06. The molecule has 0 bridgehead atoms. The van der Waals surface area contributed by atoms with Gasteiger partial charge in [0.1, 0.15) is 6.54 Å². The van der Waals surface area contributed by atoms with E-state index in [0.29, 0.717) is 6.61 Å². The smallest absolute Gasteiger partial charge is 0.325 e. The molecule has 1 aromatic carbocycles. The Balaban J connectivity index is 1.78. The van der Waals surface area contributed by atoms with Gasteiger partial charge in [-0.05, 0) is 31.7 Å². The number of esters is 1. The first kappa shape index (κ1) is 15.4. The van der Waals surface area contributed by atoms with Crippen LogP contribution in [0.25, 0.3) is 0 Å². The van der Waals surface area contributed by atoms with Crippen LogP contribution < -0.4 is 5.32 Å². The summed E-state index contributed by atoms with van der Waals surface area (Å²) in [6.07, 6.45) is 5.28. The molecular weight excluding hydrogens is 264 g/mol. The maximum atomic E-state index is 11.3. The van der Waals surface area contributed by atoms with E-state index < -0.39 is 0 Å². The maximum absolute atomic E-state index is 11.3. The number of hydrogen-bond acceptors (Lipinski definition) is 4. The lowest BCUT2D eigenvalue weighted by Gasteiger charge is -2.20. The molecule has 4 nitrogen and oxygen atoms in total.